The first kappa shape index (κ1) is 13.9. The van der Waals surface area contributed by atoms with Gasteiger partial charge in [0.15, 0.2) is 0 Å². The van der Waals surface area contributed by atoms with Gasteiger partial charge in [-0.25, -0.2) is 0 Å². The van der Waals surface area contributed by atoms with Gasteiger partial charge in [-0.15, -0.1) is 0 Å². The maximum atomic E-state index is 5.33. The van der Waals surface area contributed by atoms with Gasteiger partial charge in [-0.3, -0.25) is 0 Å². The third-order valence-corrected chi connectivity index (χ3v) is 2.61. The van der Waals surface area contributed by atoms with Crippen LogP contribution in [0.3, 0.4) is 0 Å². The van der Waals surface area contributed by atoms with E-state index >= 15 is 0 Å². The average Bonchev–Trinajstić information content (AvgIpc) is 2.22. The maximum absolute atomic E-state index is 5.33. The van der Waals surface area contributed by atoms with Gasteiger partial charge in [0.25, 0.3) is 0 Å². The third kappa shape index (κ3) is 8.52. The second kappa shape index (κ2) is 11.0. The van der Waals surface area contributed by atoms with E-state index in [0.717, 1.165) is 13.2 Å². The van der Waals surface area contributed by atoms with Crippen LogP contribution in [0.25, 0.3) is 0 Å². The highest BCUT2D eigenvalue weighted by molar-refractivity contribution is 4.64. The molecule has 2 nitrogen and oxygen atoms in total. The minimum Gasteiger partial charge on any atom is -0.382 e. The molecule has 0 aliphatic carbocycles. The second-order valence-corrected chi connectivity index (χ2v) is 3.82. The Bertz CT molecular complexity index is 106. The summed E-state index contributed by atoms with van der Waals surface area (Å²) in [6, 6.07) is 0.696. The van der Waals surface area contributed by atoms with Crippen molar-refractivity contribution in [1.82, 2.24) is 5.32 Å². The summed E-state index contributed by atoms with van der Waals surface area (Å²) in [6.07, 6.45) is 7.79. The van der Waals surface area contributed by atoms with Crippen LogP contribution in [-0.2, 0) is 4.74 Å². The van der Waals surface area contributed by atoms with Crippen molar-refractivity contribution in [3.8, 4) is 0 Å². The Hall–Kier alpha value is -0.0800. The molecule has 0 aromatic carbocycles. The smallest absolute Gasteiger partial charge is 0.0466 e. The van der Waals surface area contributed by atoms with Crippen LogP contribution in [0.4, 0.5) is 0 Å². The Morgan fingerprint density at radius 3 is 2.36 bits per heavy atom. The van der Waals surface area contributed by atoms with E-state index in [-0.39, 0.29) is 0 Å². The highest BCUT2D eigenvalue weighted by Gasteiger charge is 2.04. The molecule has 1 unspecified atom stereocenters. The van der Waals surface area contributed by atoms with Gasteiger partial charge in [0.05, 0.1) is 0 Å². The summed E-state index contributed by atoms with van der Waals surface area (Å²) in [5.41, 5.74) is 0. The topological polar surface area (TPSA) is 21.3 Å². The predicted octanol–water partition coefficient (Wildman–Crippen LogP) is 2.97. The van der Waals surface area contributed by atoms with Crippen molar-refractivity contribution in [3.05, 3.63) is 0 Å². The van der Waals surface area contributed by atoms with Gasteiger partial charge in [-0.2, -0.15) is 0 Å². The van der Waals surface area contributed by atoms with Crippen LogP contribution in [0.5, 0.6) is 0 Å². The van der Waals surface area contributed by atoms with Gasteiger partial charge in [0, 0.05) is 19.3 Å². The fraction of sp³-hybridized carbons (Fsp3) is 1.00. The molecule has 0 saturated heterocycles. The number of ether oxygens (including phenoxy) is 1. The summed E-state index contributed by atoms with van der Waals surface area (Å²) in [7, 11) is 2.07. The van der Waals surface area contributed by atoms with Gasteiger partial charge < -0.3 is 10.1 Å². The van der Waals surface area contributed by atoms with Gasteiger partial charge in [0.1, 0.15) is 0 Å². The first-order chi connectivity index (χ1) is 6.85. The van der Waals surface area contributed by atoms with E-state index in [9.17, 15) is 0 Å². The fourth-order valence-electron chi connectivity index (χ4n) is 1.65. The molecule has 0 fully saturated rings. The van der Waals surface area contributed by atoms with Crippen LogP contribution in [0, 0.1) is 0 Å². The lowest BCUT2D eigenvalue weighted by Gasteiger charge is -2.15. The van der Waals surface area contributed by atoms with Crippen LogP contribution in [0.15, 0.2) is 0 Å². The number of nitrogens with one attached hydrogen (secondary N) is 1. The van der Waals surface area contributed by atoms with Crippen molar-refractivity contribution < 1.29 is 4.74 Å². The monoisotopic (exact) mass is 201 g/mol. The first-order valence-corrected chi connectivity index (χ1v) is 6.10. The Morgan fingerprint density at radius 2 is 1.79 bits per heavy atom. The lowest BCUT2D eigenvalue weighted by molar-refractivity contribution is 0.140. The molecule has 0 rings (SSSR count). The van der Waals surface area contributed by atoms with Crippen LogP contribution < -0.4 is 5.32 Å². The number of unbranched alkanes of at least 4 members (excludes halogenated alkanes) is 2. The molecule has 0 aliphatic rings. The van der Waals surface area contributed by atoms with Crippen LogP contribution >= 0.6 is 0 Å². The molecule has 1 N–H and O–H groups in total. The molecular formula is C12H27NO. The molecule has 0 aromatic heterocycles. The number of hydrogen-bond acceptors (Lipinski definition) is 2. The molecule has 0 aromatic rings. The molecule has 86 valence electrons. The zero-order chi connectivity index (χ0) is 10.6. The summed E-state index contributed by atoms with van der Waals surface area (Å²) in [5, 5.41) is 3.38. The minimum atomic E-state index is 0.696. The summed E-state index contributed by atoms with van der Waals surface area (Å²) < 4.78 is 5.33. The normalized spacial score (nSPS) is 13.1. The molecule has 0 aliphatic heterocycles. The standard InChI is InChI=1S/C12H27NO/c1-4-6-7-9-12(13-3)10-8-11-14-5-2/h12-13H,4-11H2,1-3H3. The van der Waals surface area contributed by atoms with Crippen molar-refractivity contribution in [3.63, 3.8) is 0 Å². The van der Waals surface area contributed by atoms with Crippen LogP contribution in [-0.4, -0.2) is 26.3 Å². The first-order valence-electron chi connectivity index (χ1n) is 6.10. The molecule has 0 amide bonds. The highest BCUT2D eigenvalue weighted by Crippen LogP contribution is 2.08. The van der Waals surface area contributed by atoms with Crippen molar-refractivity contribution in [1.29, 1.82) is 0 Å². The number of rotatable bonds is 10. The Morgan fingerprint density at radius 1 is 1.07 bits per heavy atom. The maximum Gasteiger partial charge on any atom is 0.0466 e. The predicted molar refractivity (Wildman–Crippen MR) is 62.7 cm³/mol. The minimum absolute atomic E-state index is 0.696. The van der Waals surface area contributed by atoms with E-state index in [2.05, 4.69) is 26.2 Å². The quantitative estimate of drug-likeness (QED) is 0.549. The van der Waals surface area contributed by atoms with Crippen LogP contribution in [0.2, 0.25) is 0 Å². The van der Waals surface area contributed by atoms with E-state index < -0.39 is 0 Å². The molecule has 1 atom stereocenters. The lowest BCUT2D eigenvalue weighted by Crippen LogP contribution is -2.25. The van der Waals surface area contributed by atoms with E-state index in [1.54, 1.807) is 0 Å². The Labute approximate surface area is 89.4 Å². The van der Waals surface area contributed by atoms with E-state index in [4.69, 9.17) is 4.74 Å². The Balaban J connectivity index is 3.28. The summed E-state index contributed by atoms with van der Waals surface area (Å²) >= 11 is 0. The largest absolute Gasteiger partial charge is 0.382 e. The molecule has 0 bridgehead atoms. The number of hydrogen-bond donors (Lipinski definition) is 1. The van der Waals surface area contributed by atoms with Crippen molar-refractivity contribution in [2.24, 2.45) is 0 Å². The fourth-order valence-corrected chi connectivity index (χ4v) is 1.65. The van der Waals surface area contributed by atoms with E-state index in [1.165, 1.54) is 38.5 Å². The van der Waals surface area contributed by atoms with Crippen molar-refractivity contribution in [2.75, 3.05) is 20.3 Å². The van der Waals surface area contributed by atoms with Gasteiger partial charge in [-0.05, 0) is 33.2 Å². The van der Waals surface area contributed by atoms with Gasteiger partial charge in [-0.1, -0.05) is 26.2 Å². The average molecular weight is 201 g/mol. The van der Waals surface area contributed by atoms with Gasteiger partial charge in [0.2, 0.25) is 0 Å². The molecule has 0 heterocycles. The zero-order valence-electron chi connectivity index (χ0n) is 10.1. The van der Waals surface area contributed by atoms with Crippen molar-refractivity contribution in [2.45, 2.75) is 58.4 Å². The molecule has 0 spiro atoms. The SMILES string of the molecule is CCCCCC(CCCOCC)NC. The lowest BCUT2D eigenvalue weighted by atomic mass is 10.0. The van der Waals surface area contributed by atoms with E-state index in [1.807, 2.05) is 0 Å². The molecule has 2 heteroatoms. The second-order valence-electron chi connectivity index (χ2n) is 3.82. The van der Waals surface area contributed by atoms with Gasteiger partial charge >= 0.3 is 0 Å². The van der Waals surface area contributed by atoms with Crippen molar-refractivity contribution >= 4 is 0 Å². The molecule has 0 radical (unpaired) electrons. The zero-order valence-corrected chi connectivity index (χ0v) is 10.1. The highest BCUT2D eigenvalue weighted by atomic mass is 16.5. The summed E-state index contributed by atoms with van der Waals surface area (Å²) in [4.78, 5) is 0. The Kier molecular flexibility index (Phi) is 10.9. The third-order valence-electron chi connectivity index (χ3n) is 2.61. The van der Waals surface area contributed by atoms with E-state index in [0.29, 0.717) is 6.04 Å². The molecule has 14 heavy (non-hydrogen) atoms. The van der Waals surface area contributed by atoms with Crippen LogP contribution in [0.1, 0.15) is 52.4 Å². The molecule has 0 saturated carbocycles. The summed E-state index contributed by atoms with van der Waals surface area (Å²) in [6.45, 7) is 6.07. The summed E-state index contributed by atoms with van der Waals surface area (Å²) in [5.74, 6) is 0. The molecular weight excluding hydrogens is 174 g/mol.